The largest absolute Gasteiger partial charge is 0.304 e. The molecule has 0 aliphatic rings. The Morgan fingerprint density at radius 3 is 2.63 bits per heavy atom. The minimum atomic E-state index is -0.713. The third kappa shape index (κ3) is 3.13. The first-order chi connectivity index (χ1) is 9.11. The summed E-state index contributed by atoms with van der Waals surface area (Å²) in [5.74, 6) is -1.43. The molecule has 3 nitrogen and oxygen atoms in total. The molecule has 1 unspecified atom stereocenters. The van der Waals surface area contributed by atoms with Crippen molar-refractivity contribution in [1.29, 1.82) is 5.26 Å². The van der Waals surface area contributed by atoms with Crippen molar-refractivity contribution in [2.75, 3.05) is 0 Å². The quantitative estimate of drug-likeness (QED) is 0.935. The van der Waals surface area contributed by atoms with Crippen LogP contribution in [0.5, 0.6) is 0 Å². The number of rotatable bonds is 4. The lowest BCUT2D eigenvalue weighted by Gasteiger charge is -2.12. The highest BCUT2D eigenvalue weighted by Gasteiger charge is 2.13. The Morgan fingerprint density at radius 1 is 1.42 bits per heavy atom. The maximum Gasteiger partial charge on any atom is 0.131 e. The standard InChI is InChI=1S/C13H11F2N3S/c1-8(13-17-2-3-19-13)18-7-10-11(14)4-9(6-16)5-12(10)15/h2-5,8,18H,7H2,1H3. The highest BCUT2D eigenvalue weighted by molar-refractivity contribution is 7.09. The van der Waals surface area contributed by atoms with Crippen LogP contribution in [0.2, 0.25) is 0 Å². The number of aromatic nitrogens is 1. The van der Waals surface area contributed by atoms with E-state index < -0.39 is 11.6 Å². The molecule has 0 radical (unpaired) electrons. The topological polar surface area (TPSA) is 48.7 Å². The lowest BCUT2D eigenvalue weighted by atomic mass is 10.1. The van der Waals surface area contributed by atoms with E-state index in [2.05, 4.69) is 10.3 Å². The van der Waals surface area contributed by atoms with Gasteiger partial charge in [0.25, 0.3) is 0 Å². The van der Waals surface area contributed by atoms with E-state index in [9.17, 15) is 8.78 Å². The fraction of sp³-hybridized carbons (Fsp3) is 0.231. The number of benzene rings is 1. The molecule has 19 heavy (non-hydrogen) atoms. The zero-order valence-electron chi connectivity index (χ0n) is 10.2. The molecular formula is C13H11F2N3S. The Kier molecular flexibility index (Phi) is 4.20. The van der Waals surface area contributed by atoms with E-state index in [0.717, 1.165) is 17.1 Å². The van der Waals surface area contributed by atoms with Crippen molar-refractivity contribution in [1.82, 2.24) is 10.3 Å². The Labute approximate surface area is 113 Å². The third-order valence-electron chi connectivity index (χ3n) is 2.68. The lowest BCUT2D eigenvalue weighted by molar-refractivity contribution is 0.508. The first-order valence-corrected chi connectivity index (χ1v) is 6.50. The van der Waals surface area contributed by atoms with Crippen LogP contribution >= 0.6 is 11.3 Å². The van der Waals surface area contributed by atoms with Crippen LogP contribution in [0.15, 0.2) is 23.7 Å². The molecule has 0 aliphatic heterocycles. The van der Waals surface area contributed by atoms with Gasteiger partial charge in [0.1, 0.15) is 16.6 Å². The van der Waals surface area contributed by atoms with Gasteiger partial charge in [-0.2, -0.15) is 5.26 Å². The molecule has 0 saturated heterocycles. The fourth-order valence-corrected chi connectivity index (χ4v) is 2.30. The van der Waals surface area contributed by atoms with Gasteiger partial charge < -0.3 is 5.32 Å². The SMILES string of the molecule is CC(NCc1c(F)cc(C#N)cc1F)c1nccs1. The number of nitrogens with one attached hydrogen (secondary N) is 1. The molecule has 0 bridgehead atoms. The predicted octanol–water partition coefficient (Wildman–Crippen LogP) is 3.14. The molecule has 2 aromatic rings. The van der Waals surface area contributed by atoms with Gasteiger partial charge in [0.15, 0.2) is 0 Å². The van der Waals surface area contributed by atoms with E-state index in [-0.39, 0.29) is 23.7 Å². The maximum atomic E-state index is 13.6. The summed E-state index contributed by atoms with van der Waals surface area (Å²) in [7, 11) is 0. The van der Waals surface area contributed by atoms with Crippen molar-refractivity contribution in [3.63, 3.8) is 0 Å². The van der Waals surface area contributed by atoms with Crippen LogP contribution in [-0.4, -0.2) is 4.98 Å². The molecule has 1 heterocycles. The van der Waals surface area contributed by atoms with Crippen LogP contribution in [0.4, 0.5) is 8.78 Å². The molecule has 6 heteroatoms. The van der Waals surface area contributed by atoms with Gasteiger partial charge in [-0.25, -0.2) is 13.8 Å². The van der Waals surface area contributed by atoms with Crippen LogP contribution in [0.1, 0.15) is 29.1 Å². The Bertz CT molecular complexity index is 582. The highest BCUT2D eigenvalue weighted by atomic mass is 32.1. The van der Waals surface area contributed by atoms with Crippen LogP contribution < -0.4 is 5.32 Å². The smallest absolute Gasteiger partial charge is 0.131 e. The molecule has 0 aliphatic carbocycles. The normalized spacial score (nSPS) is 12.1. The van der Waals surface area contributed by atoms with Crippen molar-refractivity contribution in [2.45, 2.75) is 19.5 Å². The maximum absolute atomic E-state index is 13.6. The van der Waals surface area contributed by atoms with E-state index >= 15 is 0 Å². The molecule has 2 rings (SSSR count). The second-order valence-corrected chi connectivity index (χ2v) is 4.93. The van der Waals surface area contributed by atoms with Crippen LogP contribution in [0.3, 0.4) is 0 Å². The van der Waals surface area contributed by atoms with Gasteiger partial charge in [-0.3, -0.25) is 0 Å². The molecule has 1 N–H and O–H groups in total. The molecule has 0 amide bonds. The number of halogens is 2. The van der Waals surface area contributed by atoms with Gasteiger partial charge >= 0.3 is 0 Å². The molecule has 1 aromatic heterocycles. The Morgan fingerprint density at radius 2 is 2.11 bits per heavy atom. The number of nitrogens with zero attached hydrogens (tertiary/aromatic N) is 2. The summed E-state index contributed by atoms with van der Waals surface area (Å²) in [6.45, 7) is 1.92. The second-order valence-electron chi connectivity index (χ2n) is 4.00. The molecule has 98 valence electrons. The molecule has 0 saturated carbocycles. The monoisotopic (exact) mass is 279 g/mol. The second kappa shape index (κ2) is 5.87. The summed E-state index contributed by atoms with van der Waals surface area (Å²) in [6, 6.07) is 3.70. The summed E-state index contributed by atoms with van der Waals surface area (Å²) in [5.41, 5.74) is -0.0888. The van der Waals surface area contributed by atoms with Crippen molar-refractivity contribution >= 4 is 11.3 Å². The van der Waals surface area contributed by atoms with Crippen LogP contribution in [0, 0.1) is 23.0 Å². The summed E-state index contributed by atoms with van der Waals surface area (Å²) in [5, 5.41) is 14.3. The fourth-order valence-electron chi connectivity index (χ4n) is 1.63. The average molecular weight is 279 g/mol. The van der Waals surface area contributed by atoms with Gasteiger partial charge in [0, 0.05) is 23.7 Å². The van der Waals surface area contributed by atoms with Crippen LogP contribution in [0.25, 0.3) is 0 Å². The minimum Gasteiger partial charge on any atom is -0.304 e. The van der Waals surface area contributed by atoms with Gasteiger partial charge in [-0.15, -0.1) is 11.3 Å². The highest BCUT2D eigenvalue weighted by Crippen LogP contribution is 2.18. The molecule has 0 spiro atoms. The van der Waals surface area contributed by atoms with Crippen molar-refractivity contribution < 1.29 is 8.78 Å². The van der Waals surface area contributed by atoms with Crippen molar-refractivity contribution in [3.8, 4) is 6.07 Å². The van der Waals surface area contributed by atoms with E-state index in [1.807, 2.05) is 12.3 Å². The van der Waals surface area contributed by atoms with Crippen molar-refractivity contribution in [2.24, 2.45) is 0 Å². The molecular weight excluding hydrogens is 268 g/mol. The molecule has 1 aromatic carbocycles. The van der Waals surface area contributed by atoms with Crippen LogP contribution in [-0.2, 0) is 6.54 Å². The van der Waals surface area contributed by atoms with Gasteiger partial charge in [-0.05, 0) is 19.1 Å². The summed E-state index contributed by atoms with van der Waals surface area (Å²) >= 11 is 1.48. The molecule has 1 atom stereocenters. The van der Waals surface area contributed by atoms with Gasteiger partial charge in [0.05, 0.1) is 17.7 Å². The number of hydrogen-bond donors (Lipinski definition) is 1. The number of nitriles is 1. The van der Waals surface area contributed by atoms with E-state index in [1.165, 1.54) is 11.3 Å². The molecule has 0 fully saturated rings. The van der Waals surface area contributed by atoms with E-state index in [1.54, 1.807) is 12.3 Å². The first kappa shape index (κ1) is 13.6. The van der Waals surface area contributed by atoms with E-state index in [4.69, 9.17) is 5.26 Å². The number of hydrogen-bond acceptors (Lipinski definition) is 4. The summed E-state index contributed by atoms with van der Waals surface area (Å²) in [6.07, 6.45) is 1.68. The van der Waals surface area contributed by atoms with E-state index in [0.29, 0.717) is 0 Å². The zero-order chi connectivity index (χ0) is 13.8. The minimum absolute atomic E-state index is 0.0216. The predicted molar refractivity (Wildman–Crippen MR) is 68.4 cm³/mol. The third-order valence-corrected chi connectivity index (χ3v) is 3.64. The Hall–Kier alpha value is -1.84. The summed E-state index contributed by atoms with van der Waals surface area (Å²) < 4.78 is 27.3. The number of thiazole rings is 1. The Balaban J connectivity index is 2.10. The van der Waals surface area contributed by atoms with Gasteiger partial charge in [-0.1, -0.05) is 0 Å². The lowest BCUT2D eigenvalue weighted by Crippen LogP contribution is -2.19. The van der Waals surface area contributed by atoms with Crippen molar-refractivity contribution in [3.05, 3.63) is 51.5 Å². The summed E-state index contributed by atoms with van der Waals surface area (Å²) in [4.78, 5) is 4.13. The average Bonchev–Trinajstić information content (AvgIpc) is 2.91. The zero-order valence-corrected chi connectivity index (χ0v) is 11.0. The van der Waals surface area contributed by atoms with Gasteiger partial charge in [0.2, 0.25) is 0 Å². The first-order valence-electron chi connectivity index (χ1n) is 5.62.